The summed E-state index contributed by atoms with van der Waals surface area (Å²) in [6.45, 7) is 5.86. The third-order valence-corrected chi connectivity index (χ3v) is 6.10. The van der Waals surface area contributed by atoms with Crippen LogP contribution in [0.5, 0.6) is 0 Å². The quantitative estimate of drug-likeness (QED) is 0.641. The summed E-state index contributed by atoms with van der Waals surface area (Å²) in [5.74, 6) is -0.454. The number of nitrogens with two attached hydrogens (primary N) is 1. The molecule has 0 spiro atoms. The highest BCUT2D eigenvalue weighted by Crippen LogP contribution is 2.54. The number of aromatic nitrogens is 4. The van der Waals surface area contributed by atoms with Gasteiger partial charge >= 0.3 is 0 Å². The van der Waals surface area contributed by atoms with Crippen molar-refractivity contribution in [3.8, 4) is 0 Å². The summed E-state index contributed by atoms with van der Waals surface area (Å²) < 4.78 is 25.6. The second-order valence-corrected chi connectivity index (χ2v) is 8.35. The lowest BCUT2D eigenvalue weighted by Crippen LogP contribution is -2.34. The van der Waals surface area contributed by atoms with E-state index in [9.17, 15) is 4.57 Å². The topological polar surface area (TPSA) is 105 Å². The molecule has 25 heavy (non-hydrogen) atoms. The van der Waals surface area contributed by atoms with E-state index in [1.54, 1.807) is 6.33 Å². The highest BCUT2D eigenvalue weighted by molar-refractivity contribution is 7.23. The molecule has 1 saturated heterocycles. The number of rotatable bonds is 3. The number of imidazole rings is 1. The fourth-order valence-electron chi connectivity index (χ4n) is 4.03. The average Bonchev–Trinajstić information content (AvgIpc) is 3.12. The van der Waals surface area contributed by atoms with Crippen molar-refractivity contribution in [3.63, 3.8) is 0 Å². The van der Waals surface area contributed by atoms with E-state index in [-0.39, 0.29) is 43.2 Å². The maximum absolute atomic E-state index is 11.3. The molecule has 1 unspecified atom stereocenters. The Bertz CT molecular complexity index is 859. The Kier molecular flexibility index (Phi) is 3.81. The Hall–Kier alpha value is -1.34. The second kappa shape index (κ2) is 5.58. The van der Waals surface area contributed by atoms with Crippen LogP contribution in [0.25, 0.3) is 11.2 Å². The first kappa shape index (κ1) is 17.1. The van der Waals surface area contributed by atoms with Crippen LogP contribution in [0.1, 0.15) is 33.2 Å². The smallest absolute Gasteiger partial charge is 0.226 e. The van der Waals surface area contributed by atoms with E-state index in [1.165, 1.54) is 0 Å². The van der Waals surface area contributed by atoms with Crippen LogP contribution in [0.2, 0.25) is 5.28 Å². The van der Waals surface area contributed by atoms with Gasteiger partial charge in [0.25, 0.3) is 0 Å². The molecule has 4 atom stereocenters. The minimum atomic E-state index is -0.697. The molecule has 2 aliphatic rings. The molecule has 2 N–H and O–H groups in total. The van der Waals surface area contributed by atoms with Crippen molar-refractivity contribution in [3.05, 3.63) is 11.6 Å². The summed E-state index contributed by atoms with van der Waals surface area (Å²) in [5, 5.41) is 0.0751. The zero-order valence-electron chi connectivity index (χ0n) is 14.1. The van der Waals surface area contributed by atoms with Gasteiger partial charge in [0, 0.05) is 11.6 Å². The summed E-state index contributed by atoms with van der Waals surface area (Å²) in [5.41, 5.74) is 6.70. The van der Waals surface area contributed by atoms with Crippen LogP contribution in [-0.2, 0) is 14.0 Å². The van der Waals surface area contributed by atoms with Gasteiger partial charge in [-0.05, 0) is 31.9 Å². The molecule has 134 valence electrons. The van der Waals surface area contributed by atoms with E-state index in [0.29, 0.717) is 17.3 Å². The number of nitrogen functional groups attached to an aromatic ring is 1. The van der Waals surface area contributed by atoms with Crippen LogP contribution in [-0.4, -0.2) is 43.7 Å². The summed E-state index contributed by atoms with van der Waals surface area (Å²) in [6, 6.07) is -0.0751. The fourth-order valence-corrected chi connectivity index (χ4v) is 4.81. The third-order valence-electron chi connectivity index (χ3n) is 5.07. The van der Waals surface area contributed by atoms with Crippen molar-refractivity contribution < 1.29 is 14.0 Å². The molecule has 0 bridgehead atoms. The van der Waals surface area contributed by atoms with Crippen LogP contribution in [0.3, 0.4) is 0 Å². The number of ether oxygens (including phenoxy) is 2. The maximum atomic E-state index is 11.3. The lowest BCUT2D eigenvalue weighted by Gasteiger charge is -2.29. The number of fused-ring (bicyclic) bond motifs is 2. The van der Waals surface area contributed by atoms with Gasteiger partial charge in [-0.25, -0.2) is 4.98 Å². The third kappa shape index (κ3) is 2.63. The molecule has 1 aliphatic carbocycles. The minimum absolute atomic E-state index is 0.0751. The molecular weight excluding hydrogens is 365 g/mol. The van der Waals surface area contributed by atoms with Gasteiger partial charge in [-0.15, -0.1) is 0 Å². The zero-order chi connectivity index (χ0) is 18.0. The van der Waals surface area contributed by atoms with E-state index in [1.807, 2.05) is 18.4 Å². The molecule has 3 heterocycles. The predicted octanol–water partition coefficient (Wildman–Crippen LogP) is 2.82. The second-order valence-electron chi connectivity index (χ2n) is 7.44. The summed E-state index contributed by atoms with van der Waals surface area (Å²) in [7, 11) is 0.0919. The lowest BCUT2D eigenvalue weighted by atomic mass is 9.88. The van der Waals surface area contributed by atoms with Crippen molar-refractivity contribution in [1.82, 2.24) is 19.5 Å². The molecular formula is C15H19ClN5O3P. The van der Waals surface area contributed by atoms with E-state index in [4.69, 9.17) is 26.8 Å². The Morgan fingerprint density at radius 2 is 2.16 bits per heavy atom. The van der Waals surface area contributed by atoms with Gasteiger partial charge < -0.3 is 19.8 Å². The molecule has 0 aromatic carbocycles. The standard InChI is InChI=1S/C15H19ClN5O3P/c1-14(2)23-9-7(4-15(3,5-25-22)10(9)24-14)21-6-18-8-11(17)19-13(16)20-12(8)21/h6-7,9-10H,4-5H2,1-3H3,(H2,17,19,20)/t7-,9-,10?,15-/m1/s1. The normalized spacial score (nSPS) is 34.0. The molecule has 0 amide bonds. The van der Waals surface area contributed by atoms with Crippen molar-refractivity contribution >= 4 is 37.0 Å². The van der Waals surface area contributed by atoms with Crippen LogP contribution < -0.4 is 5.73 Å². The molecule has 0 radical (unpaired) electrons. The monoisotopic (exact) mass is 383 g/mol. The number of hydrogen-bond acceptors (Lipinski definition) is 7. The van der Waals surface area contributed by atoms with E-state index in [0.717, 1.165) is 6.42 Å². The largest absolute Gasteiger partial charge is 0.382 e. The Labute approximate surface area is 151 Å². The highest BCUT2D eigenvalue weighted by Gasteiger charge is 2.60. The van der Waals surface area contributed by atoms with Gasteiger partial charge in [0.15, 0.2) is 25.7 Å². The molecule has 2 aromatic rings. The van der Waals surface area contributed by atoms with Gasteiger partial charge in [-0.3, -0.25) is 4.57 Å². The van der Waals surface area contributed by atoms with E-state index < -0.39 is 5.79 Å². The SMILES string of the molecule is CC1(C)OC2[C@H](O1)[C@H](n1cnc3c(N)nc(Cl)nc31)C[C@]2(C)CP=O. The van der Waals surface area contributed by atoms with Gasteiger partial charge in [-0.1, -0.05) is 6.92 Å². The minimum Gasteiger partial charge on any atom is -0.382 e. The number of halogens is 1. The van der Waals surface area contributed by atoms with Crippen LogP contribution in [0, 0.1) is 5.41 Å². The van der Waals surface area contributed by atoms with Crippen molar-refractivity contribution in [2.24, 2.45) is 5.41 Å². The Morgan fingerprint density at radius 1 is 1.40 bits per heavy atom. The van der Waals surface area contributed by atoms with Crippen LogP contribution in [0.15, 0.2) is 6.33 Å². The maximum Gasteiger partial charge on any atom is 0.226 e. The molecule has 2 fully saturated rings. The first-order valence-electron chi connectivity index (χ1n) is 8.04. The summed E-state index contributed by atoms with van der Waals surface area (Å²) in [6.07, 6.45) is 2.54. The average molecular weight is 384 g/mol. The lowest BCUT2D eigenvalue weighted by molar-refractivity contribution is -0.166. The van der Waals surface area contributed by atoms with Crippen molar-refractivity contribution in [2.75, 3.05) is 11.9 Å². The summed E-state index contributed by atoms with van der Waals surface area (Å²) >= 11 is 5.98. The van der Waals surface area contributed by atoms with Crippen LogP contribution >= 0.6 is 20.1 Å². The van der Waals surface area contributed by atoms with Crippen molar-refractivity contribution in [2.45, 2.75) is 51.2 Å². The van der Waals surface area contributed by atoms with E-state index in [2.05, 4.69) is 21.9 Å². The zero-order valence-corrected chi connectivity index (χ0v) is 15.8. The Morgan fingerprint density at radius 3 is 2.88 bits per heavy atom. The predicted molar refractivity (Wildman–Crippen MR) is 92.8 cm³/mol. The van der Waals surface area contributed by atoms with Gasteiger partial charge in [-0.2, -0.15) is 9.97 Å². The van der Waals surface area contributed by atoms with E-state index >= 15 is 0 Å². The summed E-state index contributed by atoms with van der Waals surface area (Å²) in [4.78, 5) is 12.6. The molecule has 4 rings (SSSR count). The first-order chi connectivity index (χ1) is 11.7. The molecule has 2 aromatic heterocycles. The van der Waals surface area contributed by atoms with Crippen molar-refractivity contribution in [1.29, 1.82) is 0 Å². The molecule has 1 aliphatic heterocycles. The number of anilines is 1. The van der Waals surface area contributed by atoms with Crippen LogP contribution in [0.4, 0.5) is 5.82 Å². The van der Waals surface area contributed by atoms with Gasteiger partial charge in [0.05, 0.1) is 18.5 Å². The van der Waals surface area contributed by atoms with Gasteiger partial charge in [0.2, 0.25) is 5.28 Å². The fraction of sp³-hybridized carbons (Fsp3) is 0.667. The number of hydrogen-bond donors (Lipinski definition) is 1. The molecule has 10 heteroatoms. The van der Waals surface area contributed by atoms with Gasteiger partial charge in [0.1, 0.15) is 11.6 Å². The number of nitrogens with zero attached hydrogens (tertiary/aromatic N) is 4. The molecule has 1 saturated carbocycles. The Balaban J connectivity index is 1.82. The molecule has 8 nitrogen and oxygen atoms in total. The first-order valence-corrected chi connectivity index (χ1v) is 9.42. The highest BCUT2D eigenvalue weighted by atomic mass is 35.5.